The third-order valence-electron chi connectivity index (χ3n) is 11.3. The number of Topliss-reactive ketones (excluding diaryl/α,β-unsaturated/α-hetero) is 1. The van der Waals surface area contributed by atoms with Crippen LogP contribution in [0.1, 0.15) is 75.7 Å². The van der Waals surface area contributed by atoms with Crippen molar-refractivity contribution in [2.24, 2.45) is 22.7 Å². The number of carbonyl (C=O) groups excluding carboxylic acids is 3. The van der Waals surface area contributed by atoms with Gasteiger partial charge in [-0.2, -0.15) is 0 Å². The SMILES string of the molecule is CCCC1OC2CC3[C@@H]4C[C@H](F)C5=CC(=O)C=C[C@]5(C)[C@@]4(F)[C@@H](O)C[C@]3(C)[C@]2(C(=O)COC(=O)c2ccc(CC)cc2)O1. The van der Waals surface area contributed by atoms with Gasteiger partial charge in [-0.05, 0) is 80.4 Å². The summed E-state index contributed by atoms with van der Waals surface area (Å²) in [5.41, 5.74) is -5.17. The normalized spacial score (nSPS) is 42.9. The van der Waals surface area contributed by atoms with Gasteiger partial charge in [0.25, 0.3) is 0 Å². The van der Waals surface area contributed by atoms with Crippen LogP contribution in [-0.4, -0.2) is 65.2 Å². The van der Waals surface area contributed by atoms with Gasteiger partial charge in [-0.3, -0.25) is 9.59 Å². The minimum absolute atomic E-state index is 0.0415. The molecule has 0 aromatic heterocycles. The third kappa shape index (κ3) is 4.10. The minimum Gasteiger partial charge on any atom is -0.454 e. The highest BCUT2D eigenvalue weighted by Crippen LogP contribution is 2.72. The lowest BCUT2D eigenvalue weighted by Crippen LogP contribution is -2.71. The van der Waals surface area contributed by atoms with Crippen LogP contribution in [0.5, 0.6) is 0 Å². The predicted octanol–water partition coefficient (Wildman–Crippen LogP) is 5.18. The average molecular weight is 599 g/mol. The van der Waals surface area contributed by atoms with E-state index in [1.807, 2.05) is 26.0 Å². The number of esters is 1. The van der Waals surface area contributed by atoms with Gasteiger partial charge >= 0.3 is 5.97 Å². The zero-order valence-electron chi connectivity index (χ0n) is 25.1. The van der Waals surface area contributed by atoms with Crippen LogP contribution in [0.25, 0.3) is 0 Å². The van der Waals surface area contributed by atoms with Gasteiger partial charge in [-0.25, -0.2) is 13.6 Å². The largest absolute Gasteiger partial charge is 0.454 e. The molecule has 1 saturated heterocycles. The number of hydrogen-bond acceptors (Lipinski definition) is 7. The number of carbonyl (C=O) groups is 3. The zero-order chi connectivity index (χ0) is 30.9. The molecule has 1 heterocycles. The zero-order valence-corrected chi connectivity index (χ0v) is 25.1. The minimum atomic E-state index is -2.29. The highest BCUT2D eigenvalue weighted by molar-refractivity contribution is 6.01. The second kappa shape index (κ2) is 10.4. The van der Waals surface area contributed by atoms with E-state index in [9.17, 15) is 19.5 Å². The predicted molar refractivity (Wildman–Crippen MR) is 153 cm³/mol. The Kier molecular flexibility index (Phi) is 7.34. The van der Waals surface area contributed by atoms with Crippen LogP contribution in [0.3, 0.4) is 0 Å². The Balaban J connectivity index is 1.34. The monoisotopic (exact) mass is 598 g/mol. The summed E-state index contributed by atoms with van der Waals surface area (Å²) in [4.78, 5) is 39.2. The topological polar surface area (TPSA) is 99.1 Å². The lowest BCUT2D eigenvalue weighted by molar-refractivity contribution is -0.234. The fourth-order valence-corrected chi connectivity index (χ4v) is 9.08. The van der Waals surface area contributed by atoms with Gasteiger partial charge in [0.2, 0.25) is 5.78 Å². The molecule has 4 fully saturated rings. The van der Waals surface area contributed by atoms with Crippen molar-refractivity contribution in [2.45, 2.75) is 102 Å². The summed E-state index contributed by atoms with van der Waals surface area (Å²) in [5, 5.41) is 11.7. The first kappa shape index (κ1) is 30.3. The number of rotatable bonds is 7. The summed E-state index contributed by atoms with van der Waals surface area (Å²) in [6, 6.07) is 6.95. The Bertz CT molecular complexity index is 1390. The van der Waals surface area contributed by atoms with Gasteiger partial charge in [-0.15, -0.1) is 0 Å². The quantitative estimate of drug-likeness (QED) is 0.432. The van der Waals surface area contributed by atoms with Crippen LogP contribution in [0, 0.1) is 22.7 Å². The van der Waals surface area contributed by atoms with Gasteiger partial charge in [0, 0.05) is 16.7 Å². The molecular formula is C34H40F2O7. The van der Waals surface area contributed by atoms with Gasteiger partial charge in [0.05, 0.1) is 17.8 Å². The Morgan fingerprint density at radius 1 is 1.12 bits per heavy atom. The summed E-state index contributed by atoms with van der Waals surface area (Å²) in [7, 11) is 0. The highest BCUT2D eigenvalue weighted by atomic mass is 19.1. The lowest BCUT2D eigenvalue weighted by Gasteiger charge is -2.63. The first-order valence-corrected chi connectivity index (χ1v) is 15.4. The van der Waals surface area contributed by atoms with Crippen molar-refractivity contribution in [1.29, 1.82) is 0 Å². The van der Waals surface area contributed by atoms with E-state index in [2.05, 4.69) is 0 Å². The number of aliphatic hydroxyl groups excluding tert-OH is 1. The first-order chi connectivity index (χ1) is 20.4. The lowest BCUT2D eigenvalue weighted by atomic mass is 9.44. The molecule has 1 N–H and O–H groups in total. The average Bonchev–Trinajstić information content (AvgIpc) is 3.46. The molecule has 1 aliphatic heterocycles. The molecule has 232 valence electrons. The third-order valence-corrected chi connectivity index (χ3v) is 11.3. The number of fused-ring (bicyclic) bond motifs is 7. The van der Waals surface area contributed by atoms with E-state index in [0.717, 1.165) is 24.5 Å². The maximum atomic E-state index is 17.6. The summed E-state index contributed by atoms with van der Waals surface area (Å²) >= 11 is 0. The second-order valence-electron chi connectivity index (χ2n) is 13.3. The molecule has 5 aliphatic rings. The molecule has 1 aromatic carbocycles. The molecule has 0 amide bonds. The number of aliphatic hydroxyl groups is 1. The van der Waals surface area contributed by atoms with Crippen molar-refractivity contribution in [3.8, 4) is 0 Å². The number of allylic oxidation sites excluding steroid dienone is 4. The molecule has 0 spiro atoms. The van der Waals surface area contributed by atoms with Crippen LogP contribution >= 0.6 is 0 Å². The Morgan fingerprint density at radius 3 is 2.51 bits per heavy atom. The Morgan fingerprint density at radius 2 is 1.84 bits per heavy atom. The smallest absolute Gasteiger partial charge is 0.338 e. The molecule has 1 aromatic rings. The number of alkyl halides is 2. The van der Waals surface area contributed by atoms with E-state index in [1.54, 1.807) is 26.0 Å². The van der Waals surface area contributed by atoms with E-state index in [1.165, 1.54) is 12.2 Å². The van der Waals surface area contributed by atoms with Crippen molar-refractivity contribution < 1.29 is 42.5 Å². The molecule has 7 nitrogen and oxygen atoms in total. The maximum Gasteiger partial charge on any atom is 0.338 e. The molecular weight excluding hydrogens is 558 g/mol. The molecule has 0 radical (unpaired) electrons. The van der Waals surface area contributed by atoms with Gasteiger partial charge in [0.15, 0.2) is 29.9 Å². The van der Waals surface area contributed by atoms with Crippen LogP contribution in [0.2, 0.25) is 0 Å². The van der Waals surface area contributed by atoms with Crippen LogP contribution in [0.15, 0.2) is 48.1 Å². The first-order valence-electron chi connectivity index (χ1n) is 15.4. The standard InChI is InChI=1S/C34H40F2O7/c1-5-7-29-42-28-16-22-23-15-25(35)24-14-21(37)12-13-31(24,3)33(23,36)26(38)17-32(22,4)34(28,43-29)27(39)18-41-30(40)20-10-8-19(6-2)9-11-20/h8-14,22-23,25-26,28-29,38H,5-7,15-18H2,1-4H3/t22?,23-,25-,26-,28?,29?,31-,32-,33-,34+/m0/s1. The Hall–Kier alpha value is -2.75. The number of halogens is 2. The number of aryl methyl sites for hydroxylation is 1. The molecule has 4 aliphatic carbocycles. The van der Waals surface area contributed by atoms with E-state index >= 15 is 8.78 Å². The number of hydrogen-bond donors (Lipinski definition) is 1. The fourth-order valence-electron chi connectivity index (χ4n) is 9.08. The number of benzene rings is 1. The highest BCUT2D eigenvalue weighted by Gasteiger charge is 2.80. The van der Waals surface area contributed by atoms with Gasteiger partial charge < -0.3 is 19.3 Å². The Labute approximate surface area is 250 Å². The summed E-state index contributed by atoms with van der Waals surface area (Å²) < 4.78 is 51.7. The number of ketones is 2. The fraction of sp³-hybridized carbons (Fsp3) is 0.618. The van der Waals surface area contributed by atoms with E-state index in [4.69, 9.17) is 14.2 Å². The molecule has 0 bridgehead atoms. The van der Waals surface area contributed by atoms with E-state index in [-0.39, 0.29) is 24.8 Å². The second-order valence-corrected chi connectivity index (χ2v) is 13.3. The van der Waals surface area contributed by atoms with Crippen molar-refractivity contribution in [3.05, 3.63) is 59.2 Å². The van der Waals surface area contributed by atoms with Crippen LogP contribution < -0.4 is 0 Å². The van der Waals surface area contributed by atoms with Crippen molar-refractivity contribution >= 4 is 17.5 Å². The van der Waals surface area contributed by atoms with Crippen molar-refractivity contribution in [3.63, 3.8) is 0 Å². The molecule has 10 atom stereocenters. The van der Waals surface area contributed by atoms with Crippen molar-refractivity contribution in [2.75, 3.05) is 6.61 Å². The summed E-state index contributed by atoms with van der Waals surface area (Å²) in [6.45, 7) is 6.72. The number of ether oxygens (including phenoxy) is 3. The van der Waals surface area contributed by atoms with E-state index in [0.29, 0.717) is 12.0 Å². The van der Waals surface area contributed by atoms with E-state index < -0.39 is 82.7 Å². The summed E-state index contributed by atoms with van der Waals surface area (Å²) in [6.07, 6.45) is 1.02. The molecule has 6 rings (SSSR count). The summed E-state index contributed by atoms with van der Waals surface area (Å²) in [5.74, 6) is -3.15. The van der Waals surface area contributed by atoms with Crippen molar-refractivity contribution in [1.82, 2.24) is 0 Å². The van der Waals surface area contributed by atoms with Gasteiger partial charge in [-0.1, -0.05) is 45.4 Å². The van der Waals surface area contributed by atoms with Crippen LogP contribution in [-0.2, 0) is 30.2 Å². The molecule has 43 heavy (non-hydrogen) atoms. The maximum absolute atomic E-state index is 17.6. The molecule has 3 unspecified atom stereocenters. The van der Waals surface area contributed by atoms with Crippen LogP contribution in [0.4, 0.5) is 8.78 Å². The molecule has 9 heteroatoms. The molecule has 3 saturated carbocycles. The van der Waals surface area contributed by atoms with Gasteiger partial charge in [0.1, 0.15) is 6.17 Å².